The fourth-order valence-electron chi connectivity index (χ4n) is 1.93. The van der Waals surface area contributed by atoms with Gasteiger partial charge < -0.3 is 20.9 Å². The van der Waals surface area contributed by atoms with E-state index in [0.29, 0.717) is 0 Å². The SMILES string of the molecule is CC(C)(C)OC(=O)N[C@@](CC(N)=O)(C(=O)O)c1ccccc1. The summed E-state index contributed by atoms with van der Waals surface area (Å²) < 4.78 is 5.08. The maximum atomic E-state index is 12.0. The van der Waals surface area contributed by atoms with E-state index in [4.69, 9.17) is 10.5 Å². The highest BCUT2D eigenvalue weighted by Gasteiger charge is 2.44. The number of amides is 2. The van der Waals surface area contributed by atoms with E-state index in [9.17, 15) is 19.5 Å². The molecule has 0 saturated heterocycles. The molecule has 1 atom stereocenters. The number of benzene rings is 1. The van der Waals surface area contributed by atoms with Crippen molar-refractivity contribution in [3.63, 3.8) is 0 Å². The van der Waals surface area contributed by atoms with Crippen molar-refractivity contribution in [2.75, 3.05) is 0 Å². The summed E-state index contributed by atoms with van der Waals surface area (Å²) in [6.07, 6.45) is -1.54. The van der Waals surface area contributed by atoms with Gasteiger partial charge in [-0.1, -0.05) is 30.3 Å². The summed E-state index contributed by atoms with van der Waals surface area (Å²) in [5.74, 6) is -2.26. The topological polar surface area (TPSA) is 119 Å². The van der Waals surface area contributed by atoms with Crippen molar-refractivity contribution in [3.8, 4) is 0 Å². The van der Waals surface area contributed by atoms with Crippen LogP contribution in [0.4, 0.5) is 4.79 Å². The van der Waals surface area contributed by atoms with Crippen molar-refractivity contribution in [1.82, 2.24) is 5.32 Å². The molecule has 0 aliphatic rings. The monoisotopic (exact) mass is 308 g/mol. The average molecular weight is 308 g/mol. The number of nitrogens with one attached hydrogen (secondary N) is 1. The first-order chi connectivity index (χ1) is 10.1. The maximum absolute atomic E-state index is 12.0. The quantitative estimate of drug-likeness (QED) is 0.759. The molecule has 4 N–H and O–H groups in total. The van der Waals surface area contributed by atoms with Gasteiger partial charge in [-0.2, -0.15) is 0 Å². The number of aliphatic carboxylic acids is 1. The zero-order chi connectivity index (χ0) is 17.0. The number of ether oxygens (including phenoxy) is 1. The summed E-state index contributed by atoms with van der Waals surface area (Å²) in [5, 5.41) is 11.9. The summed E-state index contributed by atoms with van der Waals surface area (Å²) in [7, 11) is 0. The second-order valence-electron chi connectivity index (χ2n) is 5.85. The normalized spacial score (nSPS) is 13.8. The number of carbonyl (C=O) groups excluding carboxylic acids is 2. The van der Waals surface area contributed by atoms with Gasteiger partial charge in [-0.3, -0.25) is 4.79 Å². The van der Waals surface area contributed by atoms with Gasteiger partial charge in [-0.15, -0.1) is 0 Å². The minimum atomic E-state index is -1.98. The number of carbonyl (C=O) groups is 3. The smallest absolute Gasteiger partial charge is 0.408 e. The molecular formula is C15H20N2O5. The molecule has 0 fully saturated rings. The lowest BCUT2D eigenvalue weighted by molar-refractivity contribution is -0.147. The number of primary amides is 1. The van der Waals surface area contributed by atoms with E-state index < -0.39 is 35.5 Å². The van der Waals surface area contributed by atoms with Crippen LogP contribution >= 0.6 is 0 Å². The van der Waals surface area contributed by atoms with Crippen LogP contribution in [0, 0.1) is 0 Å². The number of alkyl carbamates (subject to hydrolysis) is 1. The molecule has 1 aromatic rings. The van der Waals surface area contributed by atoms with Crippen molar-refractivity contribution in [2.24, 2.45) is 5.73 Å². The zero-order valence-corrected chi connectivity index (χ0v) is 12.8. The first kappa shape index (κ1) is 17.5. The predicted octanol–water partition coefficient (Wildman–Crippen LogP) is 1.37. The molecule has 7 heteroatoms. The molecule has 0 unspecified atom stereocenters. The number of hydrogen-bond donors (Lipinski definition) is 3. The first-order valence-electron chi connectivity index (χ1n) is 6.65. The van der Waals surface area contributed by atoms with Gasteiger partial charge in [0.2, 0.25) is 5.91 Å². The van der Waals surface area contributed by atoms with Gasteiger partial charge >= 0.3 is 12.1 Å². The molecule has 22 heavy (non-hydrogen) atoms. The minimum Gasteiger partial charge on any atom is -0.479 e. The van der Waals surface area contributed by atoms with Gasteiger partial charge in [-0.25, -0.2) is 9.59 Å². The highest BCUT2D eigenvalue weighted by molar-refractivity contribution is 5.91. The molecule has 7 nitrogen and oxygen atoms in total. The fraction of sp³-hybridized carbons (Fsp3) is 0.400. The van der Waals surface area contributed by atoms with E-state index in [-0.39, 0.29) is 5.56 Å². The molecule has 0 aliphatic heterocycles. The molecule has 0 heterocycles. The van der Waals surface area contributed by atoms with Crippen LogP contribution in [0.15, 0.2) is 30.3 Å². The summed E-state index contributed by atoms with van der Waals surface area (Å²) in [6.45, 7) is 4.93. The average Bonchev–Trinajstić information content (AvgIpc) is 2.35. The second kappa shape index (κ2) is 6.46. The molecule has 0 radical (unpaired) electrons. The van der Waals surface area contributed by atoms with Crippen LogP contribution in [0.5, 0.6) is 0 Å². The van der Waals surface area contributed by atoms with Crippen molar-refractivity contribution in [1.29, 1.82) is 0 Å². The lowest BCUT2D eigenvalue weighted by Crippen LogP contribution is -2.54. The molecule has 0 aliphatic carbocycles. The maximum Gasteiger partial charge on any atom is 0.408 e. The Labute approximate surface area is 128 Å². The highest BCUT2D eigenvalue weighted by atomic mass is 16.6. The predicted molar refractivity (Wildman–Crippen MR) is 78.9 cm³/mol. The molecule has 1 rings (SSSR count). The van der Waals surface area contributed by atoms with E-state index in [0.717, 1.165) is 0 Å². The number of carboxylic acids is 1. The highest BCUT2D eigenvalue weighted by Crippen LogP contribution is 2.26. The summed E-state index contributed by atoms with van der Waals surface area (Å²) in [4.78, 5) is 35.1. The Hall–Kier alpha value is -2.57. The molecule has 0 spiro atoms. The van der Waals surface area contributed by atoms with Crippen LogP contribution in [-0.4, -0.2) is 28.7 Å². The van der Waals surface area contributed by atoms with Crippen molar-refractivity contribution in [3.05, 3.63) is 35.9 Å². The number of rotatable bonds is 5. The lowest BCUT2D eigenvalue weighted by Gasteiger charge is -2.31. The Kier molecular flexibility index (Phi) is 5.14. The molecule has 0 aromatic heterocycles. The molecule has 0 bridgehead atoms. The fourth-order valence-corrected chi connectivity index (χ4v) is 1.93. The third-order valence-corrected chi connectivity index (χ3v) is 2.79. The van der Waals surface area contributed by atoms with E-state index in [1.165, 1.54) is 12.1 Å². The van der Waals surface area contributed by atoms with Gasteiger partial charge in [0.15, 0.2) is 5.54 Å². The molecule has 0 saturated carbocycles. The zero-order valence-electron chi connectivity index (χ0n) is 12.8. The largest absolute Gasteiger partial charge is 0.479 e. The van der Waals surface area contributed by atoms with Crippen molar-refractivity contribution in [2.45, 2.75) is 38.3 Å². The van der Waals surface area contributed by atoms with Gasteiger partial charge in [0.05, 0.1) is 6.42 Å². The van der Waals surface area contributed by atoms with Gasteiger partial charge in [0.25, 0.3) is 0 Å². The van der Waals surface area contributed by atoms with E-state index in [1.807, 2.05) is 0 Å². The minimum absolute atomic E-state index is 0.229. The van der Waals surface area contributed by atoms with Crippen molar-refractivity contribution < 1.29 is 24.2 Å². The number of nitrogens with two attached hydrogens (primary N) is 1. The van der Waals surface area contributed by atoms with Crippen LogP contribution in [0.1, 0.15) is 32.8 Å². The van der Waals surface area contributed by atoms with Crippen LogP contribution in [0.3, 0.4) is 0 Å². The molecular weight excluding hydrogens is 288 g/mol. The third-order valence-electron chi connectivity index (χ3n) is 2.79. The Morgan fingerprint density at radius 3 is 2.14 bits per heavy atom. The van der Waals surface area contributed by atoms with Gasteiger partial charge in [0.1, 0.15) is 5.60 Å². The summed E-state index contributed by atoms with van der Waals surface area (Å²) in [5.41, 5.74) is 2.61. The van der Waals surface area contributed by atoms with Crippen molar-refractivity contribution >= 4 is 18.0 Å². The van der Waals surface area contributed by atoms with E-state index in [1.54, 1.807) is 39.0 Å². The second-order valence-corrected chi connectivity index (χ2v) is 5.85. The number of carboxylic acid groups (broad SMARTS) is 1. The first-order valence-corrected chi connectivity index (χ1v) is 6.65. The van der Waals surface area contributed by atoms with Crippen LogP contribution in [-0.2, 0) is 19.9 Å². The summed E-state index contributed by atoms with van der Waals surface area (Å²) in [6, 6.07) is 7.88. The van der Waals surface area contributed by atoms with Crippen LogP contribution in [0.2, 0.25) is 0 Å². The molecule has 1 aromatic carbocycles. The van der Waals surface area contributed by atoms with E-state index in [2.05, 4.69) is 5.32 Å². The molecule has 2 amide bonds. The van der Waals surface area contributed by atoms with Gasteiger partial charge in [-0.05, 0) is 26.3 Å². The van der Waals surface area contributed by atoms with Crippen LogP contribution in [0.25, 0.3) is 0 Å². The van der Waals surface area contributed by atoms with E-state index >= 15 is 0 Å². The van der Waals surface area contributed by atoms with Gasteiger partial charge in [0, 0.05) is 0 Å². The standard InChI is InChI=1S/C15H20N2O5/c1-14(2,3)22-13(21)17-15(12(19)20,9-11(16)18)10-7-5-4-6-8-10/h4-8H,9H2,1-3H3,(H2,16,18)(H,17,21)(H,19,20)/t15-/m1/s1. The Balaban J connectivity index is 3.23. The third kappa shape index (κ3) is 4.47. The summed E-state index contributed by atoms with van der Waals surface area (Å²) >= 11 is 0. The lowest BCUT2D eigenvalue weighted by atomic mass is 9.86. The number of hydrogen-bond acceptors (Lipinski definition) is 4. The molecule has 120 valence electrons. The Morgan fingerprint density at radius 1 is 1.18 bits per heavy atom. The van der Waals surface area contributed by atoms with Crippen LogP contribution < -0.4 is 11.1 Å². The Morgan fingerprint density at radius 2 is 1.73 bits per heavy atom. The Bertz CT molecular complexity index is 565.